The number of aromatic amines is 1. The molecule has 0 aliphatic heterocycles. The molecule has 0 saturated carbocycles. The van der Waals surface area contributed by atoms with Crippen molar-refractivity contribution in [2.24, 2.45) is 0 Å². The van der Waals surface area contributed by atoms with E-state index in [1.165, 1.54) is 0 Å². The number of aromatic nitrogens is 5. The molecule has 0 aliphatic rings. The largest absolute Gasteiger partial charge is 0.337 e. The lowest BCUT2D eigenvalue weighted by Crippen LogP contribution is -2.31. The van der Waals surface area contributed by atoms with Gasteiger partial charge in [-0.25, -0.2) is 0 Å². The summed E-state index contributed by atoms with van der Waals surface area (Å²) in [6.45, 7) is 5.89. The topological polar surface area (TPSA) is 79.7 Å². The third-order valence-electron chi connectivity index (χ3n) is 4.88. The minimum absolute atomic E-state index is 0.00858. The first-order valence-electron chi connectivity index (χ1n) is 9.37. The van der Waals surface area contributed by atoms with Crippen LogP contribution in [-0.2, 0) is 13.1 Å². The molecule has 4 aromatic rings. The lowest BCUT2D eigenvalue weighted by atomic mass is 10.2. The standard InChI is InChI=1S/C21H22N6O/c1-3-26(14-15-6-5-7-22-10-15)21(28)20-8-16-11-23-18(17-12-24-25-13-17)9-19(16)27(20)4-2/h5-13H,3-4,14H2,1-2H3,(H,24,25). The number of H-pyrrole nitrogens is 1. The van der Waals surface area contributed by atoms with Crippen LogP contribution in [0.3, 0.4) is 0 Å². The van der Waals surface area contributed by atoms with Crippen molar-refractivity contribution in [1.82, 2.24) is 29.6 Å². The molecule has 0 atom stereocenters. The molecule has 4 rings (SSSR count). The van der Waals surface area contributed by atoms with Gasteiger partial charge in [0.05, 0.1) is 17.4 Å². The van der Waals surface area contributed by atoms with Gasteiger partial charge < -0.3 is 9.47 Å². The van der Waals surface area contributed by atoms with Crippen molar-refractivity contribution < 1.29 is 4.79 Å². The van der Waals surface area contributed by atoms with E-state index >= 15 is 0 Å². The Kier molecular flexibility index (Phi) is 4.89. The van der Waals surface area contributed by atoms with Gasteiger partial charge >= 0.3 is 0 Å². The molecule has 28 heavy (non-hydrogen) atoms. The van der Waals surface area contributed by atoms with Gasteiger partial charge in [-0.15, -0.1) is 0 Å². The molecule has 7 nitrogen and oxygen atoms in total. The van der Waals surface area contributed by atoms with Gasteiger partial charge in [-0.05, 0) is 37.6 Å². The zero-order valence-corrected chi connectivity index (χ0v) is 16.0. The fourth-order valence-electron chi connectivity index (χ4n) is 3.42. The van der Waals surface area contributed by atoms with E-state index in [1.807, 2.05) is 55.4 Å². The van der Waals surface area contributed by atoms with Crippen LogP contribution in [0.25, 0.3) is 22.2 Å². The molecule has 0 unspecified atom stereocenters. The van der Waals surface area contributed by atoms with Crippen LogP contribution in [0.1, 0.15) is 29.9 Å². The summed E-state index contributed by atoms with van der Waals surface area (Å²) in [4.78, 5) is 23.8. The van der Waals surface area contributed by atoms with Crippen LogP contribution in [0.4, 0.5) is 0 Å². The van der Waals surface area contributed by atoms with E-state index in [4.69, 9.17) is 0 Å². The number of carbonyl (C=O) groups is 1. The van der Waals surface area contributed by atoms with Gasteiger partial charge in [0.2, 0.25) is 0 Å². The van der Waals surface area contributed by atoms with Gasteiger partial charge in [-0.2, -0.15) is 5.10 Å². The molecule has 0 bridgehead atoms. The van der Waals surface area contributed by atoms with Gasteiger partial charge in [-0.1, -0.05) is 6.07 Å². The van der Waals surface area contributed by atoms with Crippen molar-refractivity contribution in [2.75, 3.05) is 6.54 Å². The summed E-state index contributed by atoms with van der Waals surface area (Å²) < 4.78 is 2.05. The lowest BCUT2D eigenvalue weighted by molar-refractivity contribution is 0.0742. The first-order valence-corrected chi connectivity index (χ1v) is 9.37. The summed E-state index contributed by atoms with van der Waals surface area (Å²) in [6, 6.07) is 7.82. The molecule has 0 fully saturated rings. The van der Waals surface area contributed by atoms with Crippen molar-refractivity contribution in [3.05, 3.63) is 66.5 Å². The zero-order valence-electron chi connectivity index (χ0n) is 16.0. The Morgan fingerprint density at radius 2 is 2.11 bits per heavy atom. The van der Waals surface area contributed by atoms with Gasteiger partial charge in [-0.3, -0.25) is 19.9 Å². The zero-order chi connectivity index (χ0) is 19.5. The highest BCUT2D eigenvalue weighted by atomic mass is 16.2. The average Bonchev–Trinajstić information content (AvgIpc) is 3.39. The Morgan fingerprint density at radius 1 is 1.21 bits per heavy atom. The average molecular weight is 374 g/mol. The molecule has 142 valence electrons. The molecule has 1 amide bonds. The number of nitrogens with one attached hydrogen (secondary N) is 1. The summed E-state index contributed by atoms with van der Waals surface area (Å²) in [7, 11) is 0. The maximum absolute atomic E-state index is 13.3. The SMILES string of the molecule is CCN(Cc1cccnc1)C(=O)c1cc2cnc(-c3cn[nH]c3)cc2n1CC. The number of rotatable bonds is 6. The van der Waals surface area contributed by atoms with Crippen molar-refractivity contribution in [1.29, 1.82) is 0 Å². The van der Waals surface area contributed by atoms with E-state index in [9.17, 15) is 4.79 Å². The summed E-state index contributed by atoms with van der Waals surface area (Å²) in [5, 5.41) is 7.76. The minimum atomic E-state index is 0.00858. The smallest absolute Gasteiger partial charge is 0.270 e. The Balaban J connectivity index is 1.71. The number of hydrogen-bond donors (Lipinski definition) is 1. The van der Waals surface area contributed by atoms with E-state index in [0.29, 0.717) is 25.3 Å². The van der Waals surface area contributed by atoms with Crippen LogP contribution in [0, 0.1) is 0 Å². The molecule has 0 aromatic carbocycles. The van der Waals surface area contributed by atoms with Crippen molar-refractivity contribution in [3.63, 3.8) is 0 Å². The number of aryl methyl sites for hydroxylation is 1. The molecular weight excluding hydrogens is 352 g/mol. The highest BCUT2D eigenvalue weighted by Crippen LogP contribution is 2.25. The highest BCUT2D eigenvalue weighted by Gasteiger charge is 2.21. The minimum Gasteiger partial charge on any atom is -0.337 e. The fourth-order valence-corrected chi connectivity index (χ4v) is 3.42. The lowest BCUT2D eigenvalue weighted by Gasteiger charge is -2.21. The number of fused-ring (bicyclic) bond motifs is 1. The predicted molar refractivity (Wildman–Crippen MR) is 108 cm³/mol. The molecule has 7 heteroatoms. The molecule has 0 aliphatic carbocycles. The van der Waals surface area contributed by atoms with Gasteiger partial charge in [0.1, 0.15) is 5.69 Å². The Bertz CT molecular complexity index is 1090. The van der Waals surface area contributed by atoms with E-state index in [2.05, 4.69) is 24.7 Å². The van der Waals surface area contributed by atoms with E-state index in [1.54, 1.807) is 18.6 Å². The number of pyridine rings is 2. The first kappa shape index (κ1) is 17.9. The summed E-state index contributed by atoms with van der Waals surface area (Å²) in [5.74, 6) is 0.00858. The molecule has 0 spiro atoms. The molecular formula is C21H22N6O. The highest BCUT2D eigenvalue weighted by molar-refractivity contribution is 5.99. The number of amides is 1. The number of carbonyl (C=O) groups excluding carboxylic acids is 1. The van der Waals surface area contributed by atoms with Crippen LogP contribution >= 0.6 is 0 Å². The summed E-state index contributed by atoms with van der Waals surface area (Å²) in [6.07, 6.45) is 8.91. The second-order valence-electron chi connectivity index (χ2n) is 6.57. The molecule has 4 aromatic heterocycles. The summed E-state index contributed by atoms with van der Waals surface area (Å²) in [5.41, 5.74) is 4.44. The van der Waals surface area contributed by atoms with Crippen molar-refractivity contribution in [2.45, 2.75) is 26.9 Å². The maximum Gasteiger partial charge on any atom is 0.270 e. The van der Waals surface area contributed by atoms with E-state index in [0.717, 1.165) is 27.7 Å². The first-order chi connectivity index (χ1) is 13.7. The van der Waals surface area contributed by atoms with Crippen LogP contribution in [-0.4, -0.2) is 42.1 Å². The number of nitrogens with zero attached hydrogens (tertiary/aromatic N) is 5. The Hall–Kier alpha value is -3.48. The van der Waals surface area contributed by atoms with Gasteiger partial charge in [0, 0.05) is 55.4 Å². The van der Waals surface area contributed by atoms with E-state index in [-0.39, 0.29) is 5.91 Å². The van der Waals surface area contributed by atoms with Crippen molar-refractivity contribution in [3.8, 4) is 11.3 Å². The molecule has 0 radical (unpaired) electrons. The second-order valence-corrected chi connectivity index (χ2v) is 6.57. The molecule has 4 heterocycles. The monoisotopic (exact) mass is 374 g/mol. The van der Waals surface area contributed by atoms with Crippen molar-refractivity contribution >= 4 is 16.8 Å². The maximum atomic E-state index is 13.3. The Morgan fingerprint density at radius 3 is 2.79 bits per heavy atom. The van der Waals surface area contributed by atoms with E-state index < -0.39 is 0 Å². The molecule has 0 saturated heterocycles. The Labute approximate surface area is 163 Å². The predicted octanol–water partition coefficient (Wildman–Crippen LogP) is 3.50. The normalized spacial score (nSPS) is 11.1. The van der Waals surface area contributed by atoms with Crippen LogP contribution in [0.5, 0.6) is 0 Å². The third kappa shape index (κ3) is 3.26. The number of hydrogen-bond acceptors (Lipinski definition) is 4. The molecule has 1 N–H and O–H groups in total. The van der Waals surface area contributed by atoms with Gasteiger partial charge in [0.25, 0.3) is 5.91 Å². The summed E-state index contributed by atoms with van der Waals surface area (Å²) >= 11 is 0. The quantitative estimate of drug-likeness (QED) is 0.560. The second kappa shape index (κ2) is 7.64. The fraction of sp³-hybridized carbons (Fsp3) is 0.238. The van der Waals surface area contributed by atoms with Crippen LogP contribution < -0.4 is 0 Å². The third-order valence-corrected chi connectivity index (χ3v) is 4.88. The van der Waals surface area contributed by atoms with Crippen LogP contribution in [0.15, 0.2) is 55.2 Å². The van der Waals surface area contributed by atoms with Crippen LogP contribution in [0.2, 0.25) is 0 Å². The van der Waals surface area contributed by atoms with Gasteiger partial charge in [0.15, 0.2) is 0 Å².